The lowest BCUT2D eigenvalue weighted by Crippen LogP contribution is -2.45. The first-order valence-corrected chi connectivity index (χ1v) is 10.7. The number of ether oxygens (including phenoxy) is 3. The summed E-state index contributed by atoms with van der Waals surface area (Å²) < 4.78 is 18.0. The minimum atomic E-state index is -0.623. The van der Waals surface area contributed by atoms with Crippen molar-refractivity contribution in [2.75, 3.05) is 31.8 Å². The largest absolute Gasteiger partial charge is 0.479 e. The van der Waals surface area contributed by atoms with Gasteiger partial charge in [0.05, 0.1) is 12.1 Å². The summed E-state index contributed by atoms with van der Waals surface area (Å²) >= 11 is 0. The lowest BCUT2D eigenvalue weighted by Gasteiger charge is -2.32. The summed E-state index contributed by atoms with van der Waals surface area (Å²) in [5.74, 6) is -0.389. The van der Waals surface area contributed by atoms with Crippen molar-refractivity contribution in [2.24, 2.45) is 0 Å². The number of ketones is 1. The molecular formula is C24H30N2O6. The van der Waals surface area contributed by atoms with Crippen molar-refractivity contribution in [3.8, 4) is 5.75 Å². The van der Waals surface area contributed by atoms with Crippen LogP contribution in [-0.4, -0.2) is 55.2 Å². The van der Waals surface area contributed by atoms with Crippen molar-refractivity contribution in [1.82, 2.24) is 4.57 Å². The van der Waals surface area contributed by atoms with E-state index in [-0.39, 0.29) is 31.3 Å². The van der Waals surface area contributed by atoms with Crippen molar-refractivity contribution >= 4 is 23.3 Å². The Morgan fingerprint density at radius 1 is 1.16 bits per heavy atom. The number of aromatic nitrogens is 1. The second-order valence-electron chi connectivity index (χ2n) is 7.83. The number of nitrogens with zero attached hydrogens (tertiary/aromatic N) is 2. The predicted octanol–water partition coefficient (Wildman–Crippen LogP) is 3.07. The topological polar surface area (TPSA) is 87.1 Å². The molecule has 1 atom stereocenters. The number of esters is 1. The van der Waals surface area contributed by atoms with Crippen LogP contribution in [0, 0.1) is 13.8 Å². The lowest BCUT2D eigenvalue weighted by molar-refractivity contribution is -0.142. The third-order valence-electron chi connectivity index (χ3n) is 5.58. The zero-order chi connectivity index (χ0) is 23.3. The third-order valence-corrected chi connectivity index (χ3v) is 5.58. The number of methoxy groups -OCH3 is 1. The standard InChI is InChI=1S/C24H30N2O6/c1-16-14-19(17(2)25(16)11-7-13-30-4)21(27)15-31-23(28)10-12-26-20-8-5-6-9-22(20)32-18(3)24(26)29/h5-6,8-9,14,18H,7,10-13,15H2,1-4H3. The molecule has 1 amide bonds. The molecule has 0 saturated carbocycles. The van der Waals surface area contributed by atoms with E-state index >= 15 is 0 Å². The molecule has 172 valence electrons. The number of carbonyl (C=O) groups excluding carboxylic acids is 3. The molecule has 0 bridgehead atoms. The van der Waals surface area contributed by atoms with Crippen molar-refractivity contribution in [3.63, 3.8) is 0 Å². The van der Waals surface area contributed by atoms with Crippen LogP contribution in [0.3, 0.4) is 0 Å². The summed E-state index contributed by atoms with van der Waals surface area (Å²) in [6.45, 7) is 6.74. The Morgan fingerprint density at radius 3 is 2.66 bits per heavy atom. The van der Waals surface area contributed by atoms with Crippen LogP contribution in [0.15, 0.2) is 30.3 Å². The van der Waals surface area contributed by atoms with Crippen LogP contribution in [0.2, 0.25) is 0 Å². The third kappa shape index (κ3) is 5.19. The molecule has 0 spiro atoms. The fraction of sp³-hybridized carbons (Fsp3) is 0.458. The van der Waals surface area contributed by atoms with E-state index in [1.54, 1.807) is 32.2 Å². The number of hydrogen-bond acceptors (Lipinski definition) is 6. The second kappa shape index (κ2) is 10.5. The summed E-state index contributed by atoms with van der Waals surface area (Å²) in [6, 6.07) is 9.02. The fourth-order valence-corrected chi connectivity index (χ4v) is 3.88. The van der Waals surface area contributed by atoms with Gasteiger partial charge in [-0.25, -0.2) is 0 Å². The Bertz CT molecular complexity index is 996. The minimum Gasteiger partial charge on any atom is -0.479 e. The molecule has 1 unspecified atom stereocenters. The number of benzene rings is 1. The smallest absolute Gasteiger partial charge is 0.308 e. The van der Waals surface area contributed by atoms with Gasteiger partial charge in [0.25, 0.3) is 5.91 Å². The van der Waals surface area contributed by atoms with Crippen LogP contribution in [0.5, 0.6) is 5.75 Å². The number of anilines is 1. The van der Waals surface area contributed by atoms with Crippen LogP contribution < -0.4 is 9.64 Å². The number of rotatable bonds is 10. The first kappa shape index (κ1) is 23.5. The normalized spacial score (nSPS) is 15.3. The van der Waals surface area contributed by atoms with Crippen LogP contribution in [0.25, 0.3) is 0 Å². The summed E-state index contributed by atoms with van der Waals surface area (Å²) in [5.41, 5.74) is 3.01. The summed E-state index contributed by atoms with van der Waals surface area (Å²) in [5, 5.41) is 0. The van der Waals surface area contributed by atoms with E-state index in [1.165, 1.54) is 4.90 Å². The molecule has 2 heterocycles. The molecule has 1 aromatic heterocycles. The average molecular weight is 443 g/mol. The van der Waals surface area contributed by atoms with Gasteiger partial charge >= 0.3 is 5.97 Å². The van der Waals surface area contributed by atoms with Crippen molar-refractivity contribution < 1.29 is 28.6 Å². The molecule has 0 aliphatic carbocycles. The molecular weight excluding hydrogens is 412 g/mol. The van der Waals surface area contributed by atoms with Crippen LogP contribution in [0.1, 0.15) is 41.5 Å². The van der Waals surface area contributed by atoms with Crippen molar-refractivity contribution in [2.45, 2.75) is 46.3 Å². The van der Waals surface area contributed by atoms with Gasteiger partial charge in [-0.3, -0.25) is 14.4 Å². The highest BCUT2D eigenvalue weighted by atomic mass is 16.5. The number of carbonyl (C=O) groups is 3. The van der Waals surface area contributed by atoms with E-state index in [2.05, 4.69) is 4.57 Å². The number of Topliss-reactive ketones (excluding diaryl/α,β-unsaturated/α-hetero) is 1. The van der Waals surface area contributed by atoms with Gasteiger partial charge in [-0.1, -0.05) is 12.1 Å². The molecule has 0 fully saturated rings. The van der Waals surface area contributed by atoms with Gasteiger partial charge < -0.3 is 23.7 Å². The van der Waals surface area contributed by atoms with Gasteiger partial charge in [0, 0.05) is 43.8 Å². The molecule has 2 aromatic rings. The Balaban J connectivity index is 1.55. The van der Waals surface area contributed by atoms with E-state index in [0.717, 1.165) is 24.4 Å². The monoisotopic (exact) mass is 442 g/mol. The van der Waals surface area contributed by atoms with Gasteiger partial charge in [0.15, 0.2) is 12.7 Å². The highest BCUT2D eigenvalue weighted by molar-refractivity contribution is 6.00. The van der Waals surface area contributed by atoms with E-state index in [9.17, 15) is 14.4 Å². The second-order valence-corrected chi connectivity index (χ2v) is 7.83. The first-order chi connectivity index (χ1) is 15.3. The van der Waals surface area contributed by atoms with Gasteiger partial charge in [0.1, 0.15) is 5.75 Å². The summed E-state index contributed by atoms with van der Waals surface area (Å²) in [6.07, 6.45) is 0.203. The maximum Gasteiger partial charge on any atom is 0.308 e. The number of para-hydroxylation sites is 2. The van der Waals surface area contributed by atoms with Crippen LogP contribution >= 0.6 is 0 Å². The highest BCUT2D eigenvalue weighted by Crippen LogP contribution is 2.33. The fourth-order valence-electron chi connectivity index (χ4n) is 3.88. The molecule has 8 nitrogen and oxygen atoms in total. The molecule has 32 heavy (non-hydrogen) atoms. The van der Waals surface area contributed by atoms with E-state index in [4.69, 9.17) is 14.2 Å². The van der Waals surface area contributed by atoms with E-state index in [1.807, 2.05) is 26.0 Å². The highest BCUT2D eigenvalue weighted by Gasteiger charge is 2.31. The van der Waals surface area contributed by atoms with Gasteiger partial charge in [-0.2, -0.15) is 0 Å². The summed E-state index contributed by atoms with van der Waals surface area (Å²) in [4.78, 5) is 39.0. The SMILES string of the molecule is COCCCn1c(C)cc(C(=O)COC(=O)CCN2C(=O)C(C)Oc3ccccc32)c1C. The predicted molar refractivity (Wildman–Crippen MR) is 119 cm³/mol. The van der Waals surface area contributed by atoms with E-state index < -0.39 is 12.1 Å². The molecule has 1 aliphatic rings. The molecule has 1 aliphatic heterocycles. The van der Waals surface area contributed by atoms with Gasteiger partial charge in [-0.05, 0) is 45.4 Å². The number of hydrogen-bond donors (Lipinski definition) is 0. The number of fused-ring (bicyclic) bond motifs is 1. The van der Waals surface area contributed by atoms with Crippen molar-refractivity contribution in [3.05, 3.63) is 47.3 Å². The van der Waals surface area contributed by atoms with Gasteiger partial charge in [0.2, 0.25) is 5.78 Å². The zero-order valence-corrected chi connectivity index (χ0v) is 19.1. The minimum absolute atomic E-state index is 0.0177. The first-order valence-electron chi connectivity index (χ1n) is 10.7. The maximum absolute atomic E-state index is 12.6. The molecule has 0 radical (unpaired) electrons. The van der Waals surface area contributed by atoms with E-state index in [0.29, 0.717) is 23.6 Å². The average Bonchev–Trinajstić information content (AvgIpc) is 3.06. The molecule has 0 saturated heterocycles. The zero-order valence-electron chi connectivity index (χ0n) is 19.1. The molecule has 8 heteroatoms. The number of amides is 1. The van der Waals surface area contributed by atoms with Crippen LogP contribution in [-0.2, 0) is 25.6 Å². The number of aryl methyl sites for hydroxylation is 1. The molecule has 1 aromatic carbocycles. The Labute approximate surface area is 188 Å². The lowest BCUT2D eigenvalue weighted by atomic mass is 10.1. The Morgan fingerprint density at radius 2 is 1.91 bits per heavy atom. The van der Waals surface area contributed by atoms with Crippen LogP contribution in [0.4, 0.5) is 5.69 Å². The molecule has 0 N–H and O–H groups in total. The summed E-state index contributed by atoms with van der Waals surface area (Å²) in [7, 11) is 1.66. The van der Waals surface area contributed by atoms with Gasteiger partial charge in [-0.15, -0.1) is 0 Å². The quantitative estimate of drug-likeness (QED) is 0.319. The Kier molecular flexibility index (Phi) is 7.69. The maximum atomic E-state index is 12.6. The molecule has 3 rings (SSSR count). The Hall–Kier alpha value is -3.13. The van der Waals surface area contributed by atoms with Crippen molar-refractivity contribution in [1.29, 1.82) is 0 Å².